The van der Waals surface area contributed by atoms with Gasteiger partial charge in [-0.3, -0.25) is 4.79 Å². The highest BCUT2D eigenvalue weighted by Crippen LogP contribution is 2.22. The van der Waals surface area contributed by atoms with Gasteiger partial charge in [-0.25, -0.2) is 0 Å². The molecule has 22 heavy (non-hydrogen) atoms. The van der Waals surface area contributed by atoms with Gasteiger partial charge in [0.05, 0.1) is 18.1 Å². The summed E-state index contributed by atoms with van der Waals surface area (Å²) < 4.78 is 5.51. The van der Waals surface area contributed by atoms with Crippen molar-refractivity contribution in [3.05, 3.63) is 42.5 Å². The highest BCUT2D eigenvalue weighted by Gasteiger charge is 2.28. The van der Waals surface area contributed by atoms with Gasteiger partial charge < -0.3 is 10.1 Å². The summed E-state index contributed by atoms with van der Waals surface area (Å²) in [6.07, 6.45) is 4.98. The lowest BCUT2D eigenvalue weighted by atomic mass is 10.2. The summed E-state index contributed by atoms with van der Waals surface area (Å²) in [6.45, 7) is 6.42. The molecule has 0 unspecified atom stereocenters. The second kappa shape index (κ2) is 8.38. The Morgan fingerprint density at radius 2 is 2.18 bits per heavy atom. The van der Waals surface area contributed by atoms with E-state index in [0.717, 1.165) is 17.7 Å². The van der Waals surface area contributed by atoms with Crippen molar-refractivity contribution < 1.29 is 9.53 Å². The number of amidine groups is 1. The Bertz CT molecular complexity index is 582. The van der Waals surface area contributed by atoms with Crippen LogP contribution >= 0.6 is 11.8 Å². The number of nitrogens with zero attached hydrogens (tertiary/aromatic N) is 2. The Morgan fingerprint density at radius 3 is 2.86 bits per heavy atom. The fraction of sp³-hybridized carbons (Fsp3) is 0.312. The first-order chi connectivity index (χ1) is 10.7. The van der Waals surface area contributed by atoms with Gasteiger partial charge >= 0.3 is 0 Å². The van der Waals surface area contributed by atoms with Crippen LogP contribution in [-0.4, -0.2) is 29.1 Å². The van der Waals surface area contributed by atoms with E-state index < -0.39 is 0 Å². The standard InChI is InChI=1S/C16H19N3O2S/c1-3-5-14-15(20)18-16(22-14)19-17-11-12-6-8-13(9-7-12)21-10-4-2/h3,6-9,11,14H,1,4-5,10H2,2H3,(H,18,19,20)/t14-/m0/s1. The van der Waals surface area contributed by atoms with E-state index in [2.05, 4.69) is 29.0 Å². The third-order valence-electron chi connectivity index (χ3n) is 2.87. The zero-order valence-corrected chi connectivity index (χ0v) is 13.3. The molecule has 1 atom stereocenters. The number of nitrogens with one attached hydrogen (secondary N) is 1. The van der Waals surface area contributed by atoms with Gasteiger partial charge in [0.15, 0.2) is 5.17 Å². The lowest BCUT2D eigenvalue weighted by Gasteiger charge is -2.03. The number of amides is 1. The Balaban J connectivity index is 1.90. The van der Waals surface area contributed by atoms with Gasteiger partial charge in [-0.15, -0.1) is 11.7 Å². The average Bonchev–Trinajstić information content (AvgIpc) is 2.87. The molecule has 0 aromatic heterocycles. The predicted octanol–water partition coefficient (Wildman–Crippen LogP) is 2.97. The summed E-state index contributed by atoms with van der Waals surface area (Å²) in [7, 11) is 0. The molecule has 1 aliphatic rings. The van der Waals surface area contributed by atoms with Crippen LogP contribution in [0.2, 0.25) is 0 Å². The molecule has 5 nitrogen and oxygen atoms in total. The molecule has 1 heterocycles. The third kappa shape index (κ3) is 4.73. The zero-order chi connectivity index (χ0) is 15.8. The van der Waals surface area contributed by atoms with Crippen molar-refractivity contribution in [3.63, 3.8) is 0 Å². The molecule has 1 amide bonds. The maximum absolute atomic E-state index is 11.6. The molecule has 0 spiro atoms. The third-order valence-corrected chi connectivity index (χ3v) is 3.96. The molecule has 0 saturated carbocycles. The Kier molecular flexibility index (Phi) is 6.21. The fourth-order valence-electron chi connectivity index (χ4n) is 1.78. The van der Waals surface area contributed by atoms with Gasteiger partial charge in [-0.1, -0.05) is 24.8 Å². The maximum Gasteiger partial charge on any atom is 0.239 e. The number of ether oxygens (including phenoxy) is 1. The molecule has 6 heteroatoms. The van der Waals surface area contributed by atoms with E-state index in [1.807, 2.05) is 24.3 Å². The maximum atomic E-state index is 11.6. The zero-order valence-electron chi connectivity index (χ0n) is 12.5. The van der Waals surface area contributed by atoms with Gasteiger partial charge in [0, 0.05) is 0 Å². The highest BCUT2D eigenvalue weighted by atomic mass is 32.2. The van der Waals surface area contributed by atoms with E-state index >= 15 is 0 Å². The van der Waals surface area contributed by atoms with Crippen LogP contribution in [0.25, 0.3) is 0 Å². The van der Waals surface area contributed by atoms with E-state index in [9.17, 15) is 4.79 Å². The fourth-order valence-corrected chi connectivity index (χ4v) is 2.70. The minimum atomic E-state index is -0.151. The van der Waals surface area contributed by atoms with Crippen LogP contribution < -0.4 is 10.1 Å². The summed E-state index contributed by atoms with van der Waals surface area (Å²) >= 11 is 1.37. The van der Waals surface area contributed by atoms with Crippen molar-refractivity contribution in [1.29, 1.82) is 0 Å². The number of thioether (sulfide) groups is 1. The second-order valence-corrected chi connectivity index (χ2v) is 5.88. The van der Waals surface area contributed by atoms with Gasteiger partial charge in [0.1, 0.15) is 5.75 Å². The average molecular weight is 317 g/mol. The molecular weight excluding hydrogens is 298 g/mol. The Hall–Kier alpha value is -2.08. The van der Waals surface area contributed by atoms with Crippen LogP contribution in [0.15, 0.2) is 47.1 Å². The van der Waals surface area contributed by atoms with Crippen molar-refractivity contribution >= 4 is 29.1 Å². The molecule has 1 aromatic carbocycles. The van der Waals surface area contributed by atoms with Gasteiger partial charge in [0.25, 0.3) is 0 Å². The van der Waals surface area contributed by atoms with Crippen molar-refractivity contribution in [3.8, 4) is 5.75 Å². The first-order valence-corrected chi connectivity index (χ1v) is 8.03. The van der Waals surface area contributed by atoms with Crippen LogP contribution in [0, 0.1) is 0 Å². The van der Waals surface area contributed by atoms with Crippen molar-refractivity contribution in [2.75, 3.05) is 6.61 Å². The summed E-state index contributed by atoms with van der Waals surface area (Å²) in [5.74, 6) is 0.799. The minimum Gasteiger partial charge on any atom is -0.494 e. The molecule has 1 aromatic rings. The van der Waals surface area contributed by atoms with Crippen molar-refractivity contribution in [1.82, 2.24) is 5.32 Å². The van der Waals surface area contributed by atoms with E-state index in [0.29, 0.717) is 18.2 Å². The molecule has 1 fully saturated rings. The van der Waals surface area contributed by atoms with E-state index in [4.69, 9.17) is 4.74 Å². The van der Waals surface area contributed by atoms with Crippen molar-refractivity contribution in [2.45, 2.75) is 25.0 Å². The van der Waals surface area contributed by atoms with Gasteiger partial charge in [-0.05, 0) is 42.7 Å². The van der Waals surface area contributed by atoms with Crippen molar-refractivity contribution in [2.24, 2.45) is 10.2 Å². The smallest absolute Gasteiger partial charge is 0.239 e. The van der Waals surface area contributed by atoms with E-state index in [1.54, 1.807) is 12.3 Å². The van der Waals surface area contributed by atoms with Gasteiger partial charge in [-0.2, -0.15) is 5.10 Å². The van der Waals surface area contributed by atoms with Crippen LogP contribution in [0.1, 0.15) is 25.3 Å². The van der Waals surface area contributed by atoms with Crippen LogP contribution in [-0.2, 0) is 4.79 Å². The molecule has 0 radical (unpaired) electrons. The molecule has 2 rings (SSSR count). The number of rotatable bonds is 7. The lowest BCUT2D eigenvalue weighted by molar-refractivity contribution is -0.118. The largest absolute Gasteiger partial charge is 0.494 e. The minimum absolute atomic E-state index is 0.0451. The monoisotopic (exact) mass is 317 g/mol. The molecule has 1 N–H and O–H groups in total. The van der Waals surface area contributed by atoms with Crippen LogP contribution in [0.4, 0.5) is 0 Å². The molecular formula is C16H19N3O2S. The highest BCUT2D eigenvalue weighted by molar-refractivity contribution is 8.15. The van der Waals surface area contributed by atoms with Crippen LogP contribution in [0.3, 0.4) is 0 Å². The van der Waals surface area contributed by atoms with Gasteiger partial charge in [0.2, 0.25) is 5.91 Å². The first kappa shape index (κ1) is 16.3. The lowest BCUT2D eigenvalue weighted by Crippen LogP contribution is -2.24. The van der Waals surface area contributed by atoms with E-state index in [1.165, 1.54) is 11.8 Å². The molecule has 0 aliphatic carbocycles. The summed E-state index contributed by atoms with van der Waals surface area (Å²) in [6, 6.07) is 7.62. The van der Waals surface area contributed by atoms with Crippen LogP contribution in [0.5, 0.6) is 5.75 Å². The molecule has 1 saturated heterocycles. The predicted molar refractivity (Wildman–Crippen MR) is 91.6 cm³/mol. The quantitative estimate of drug-likeness (QED) is 0.478. The number of allylic oxidation sites excluding steroid dienone is 1. The first-order valence-electron chi connectivity index (χ1n) is 7.15. The summed E-state index contributed by atoms with van der Waals surface area (Å²) in [5, 5.41) is 11.1. The Labute approximate surface area is 134 Å². The summed E-state index contributed by atoms with van der Waals surface area (Å²) in [4.78, 5) is 11.6. The number of hydrogen-bond acceptors (Lipinski definition) is 5. The number of carbonyl (C=O) groups excluding carboxylic acids is 1. The van der Waals surface area contributed by atoms with E-state index in [-0.39, 0.29) is 11.2 Å². The Morgan fingerprint density at radius 1 is 1.41 bits per heavy atom. The number of carbonyl (C=O) groups is 1. The molecule has 0 bridgehead atoms. The number of benzene rings is 1. The SMILES string of the molecule is C=CC[C@@H]1S/C(=N/N=Cc2ccc(OCCC)cc2)NC1=O. The second-order valence-electron chi connectivity index (χ2n) is 4.69. The normalized spacial score (nSPS) is 19.6. The molecule has 1 aliphatic heterocycles. The molecule has 116 valence electrons. The summed E-state index contributed by atoms with van der Waals surface area (Å²) in [5.41, 5.74) is 0.921. The number of hydrogen-bond donors (Lipinski definition) is 1. The topological polar surface area (TPSA) is 63.1 Å².